The first-order valence-corrected chi connectivity index (χ1v) is 17.3. The number of carbonyl (C=O) groups excluding carboxylic acids is 2. The number of nitrogens with zero attached hydrogens (tertiary/aromatic N) is 6. The summed E-state index contributed by atoms with van der Waals surface area (Å²) in [7, 11) is 0. The number of aryl methyl sites for hydroxylation is 1. The summed E-state index contributed by atoms with van der Waals surface area (Å²) in [6, 6.07) is 10.6. The number of alkyl halides is 6. The number of rotatable bonds is 6. The van der Waals surface area contributed by atoms with E-state index in [0.29, 0.717) is 61.1 Å². The SMILES string of the molecule is Cc1nnsc1C(=O)N1CCC(N2CCN(C3CCN(C(=O)c4cc(C(F)(F)F)cc(C(F)(F)F)c4)C(Cc4ccccc4)C3)CC2)CC1. The van der Waals surface area contributed by atoms with Gasteiger partial charge in [-0.1, -0.05) is 34.8 Å². The van der Waals surface area contributed by atoms with Gasteiger partial charge in [-0.15, -0.1) is 5.10 Å². The maximum absolute atomic E-state index is 13.7. The smallest absolute Gasteiger partial charge is 0.338 e. The molecule has 0 N–H and O–H groups in total. The summed E-state index contributed by atoms with van der Waals surface area (Å²) in [5.74, 6) is -0.841. The zero-order valence-corrected chi connectivity index (χ0v) is 27.8. The summed E-state index contributed by atoms with van der Waals surface area (Å²) < 4.78 is 85.5. The summed E-state index contributed by atoms with van der Waals surface area (Å²) in [5, 5.41) is 3.95. The fourth-order valence-electron chi connectivity index (χ4n) is 7.43. The lowest BCUT2D eigenvalue weighted by Gasteiger charge is -2.48. The maximum Gasteiger partial charge on any atom is 0.416 e. The molecule has 3 saturated heterocycles. The van der Waals surface area contributed by atoms with Gasteiger partial charge in [0, 0.05) is 69.5 Å². The molecule has 0 radical (unpaired) electrons. The Balaban J connectivity index is 1.11. The third-order valence-electron chi connectivity index (χ3n) is 10.1. The van der Waals surface area contributed by atoms with Crippen LogP contribution in [0.2, 0.25) is 0 Å². The number of piperidine rings is 2. The Morgan fingerprint density at radius 3 is 1.90 bits per heavy atom. The molecule has 3 aromatic rings. The molecule has 3 aliphatic heterocycles. The Bertz CT molecular complexity index is 1580. The topological polar surface area (TPSA) is 72.9 Å². The highest BCUT2D eigenvalue weighted by molar-refractivity contribution is 7.07. The van der Waals surface area contributed by atoms with E-state index in [1.165, 1.54) is 4.90 Å². The maximum atomic E-state index is 13.7. The van der Waals surface area contributed by atoms with Crippen molar-refractivity contribution >= 4 is 23.3 Å². The molecule has 15 heteroatoms. The minimum absolute atomic E-state index is 0.0144. The first kappa shape index (κ1) is 35.3. The molecule has 1 aromatic heterocycles. The van der Waals surface area contributed by atoms with Crippen molar-refractivity contribution in [2.45, 2.75) is 69.5 Å². The largest absolute Gasteiger partial charge is 0.416 e. The molecule has 6 rings (SSSR count). The van der Waals surface area contributed by atoms with Gasteiger partial charge >= 0.3 is 12.4 Å². The Hall–Kier alpha value is -3.56. The first-order valence-electron chi connectivity index (χ1n) is 16.5. The normalized spacial score (nSPS) is 22.0. The summed E-state index contributed by atoms with van der Waals surface area (Å²) >= 11 is 1.13. The molecule has 0 saturated carbocycles. The van der Waals surface area contributed by atoms with Crippen molar-refractivity contribution in [3.63, 3.8) is 0 Å². The molecule has 0 spiro atoms. The average molecular weight is 709 g/mol. The van der Waals surface area contributed by atoms with E-state index in [-0.39, 0.29) is 24.6 Å². The lowest BCUT2D eigenvalue weighted by atomic mass is 9.90. The lowest BCUT2D eigenvalue weighted by molar-refractivity contribution is -0.143. The van der Waals surface area contributed by atoms with E-state index >= 15 is 0 Å². The van der Waals surface area contributed by atoms with Gasteiger partial charge < -0.3 is 9.80 Å². The van der Waals surface area contributed by atoms with Crippen LogP contribution in [0, 0.1) is 6.92 Å². The number of piperazine rings is 1. The van der Waals surface area contributed by atoms with E-state index in [9.17, 15) is 35.9 Å². The Kier molecular flexibility index (Phi) is 10.3. The van der Waals surface area contributed by atoms with Gasteiger partial charge in [0.2, 0.25) is 0 Å². The van der Waals surface area contributed by atoms with E-state index in [1.54, 1.807) is 6.92 Å². The van der Waals surface area contributed by atoms with Crippen LogP contribution >= 0.6 is 11.5 Å². The first-order chi connectivity index (χ1) is 23.3. The minimum atomic E-state index is -5.04. The summed E-state index contributed by atoms with van der Waals surface area (Å²) in [4.78, 5) is 35.5. The molecule has 4 heterocycles. The molecule has 2 unspecified atom stereocenters. The van der Waals surface area contributed by atoms with Gasteiger partial charge in [-0.3, -0.25) is 19.4 Å². The van der Waals surface area contributed by atoms with Crippen LogP contribution in [0.1, 0.15) is 68.1 Å². The molecule has 49 heavy (non-hydrogen) atoms. The van der Waals surface area contributed by atoms with Gasteiger partial charge in [-0.2, -0.15) is 26.3 Å². The van der Waals surface area contributed by atoms with E-state index in [4.69, 9.17) is 0 Å². The number of hydrogen-bond donors (Lipinski definition) is 0. The van der Waals surface area contributed by atoms with Gasteiger partial charge in [-0.25, -0.2) is 0 Å². The number of aromatic nitrogens is 2. The standard InChI is InChI=1S/C34H38F6N6O2S/c1-22-30(49-42-41-22)32(48)45-10-7-27(8-11-45)43-13-15-44(16-14-43)28-9-12-46(29(21-28)17-23-5-3-2-4-6-23)31(47)24-18-25(33(35,36)37)20-26(19-24)34(38,39)40/h2-6,18-20,27-29H,7-17,21H2,1H3. The Morgan fingerprint density at radius 1 is 0.776 bits per heavy atom. The third-order valence-corrected chi connectivity index (χ3v) is 10.9. The van der Waals surface area contributed by atoms with Crippen LogP contribution in [0.4, 0.5) is 26.3 Å². The molecule has 2 aromatic carbocycles. The number of carbonyl (C=O) groups is 2. The van der Waals surface area contributed by atoms with Crippen molar-refractivity contribution in [1.29, 1.82) is 0 Å². The van der Waals surface area contributed by atoms with Crippen molar-refractivity contribution < 1.29 is 35.9 Å². The monoisotopic (exact) mass is 708 g/mol. The Morgan fingerprint density at radius 2 is 1.35 bits per heavy atom. The number of halogens is 6. The quantitative estimate of drug-likeness (QED) is 0.292. The summed E-state index contributed by atoms with van der Waals surface area (Å²) in [6.07, 6.45) is -6.77. The lowest BCUT2D eigenvalue weighted by Crippen LogP contribution is -2.58. The molecular weight excluding hydrogens is 670 g/mol. The van der Waals surface area contributed by atoms with Gasteiger partial charge in [0.1, 0.15) is 4.88 Å². The highest BCUT2D eigenvalue weighted by atomic mass is 32.1. The zero-order chi connectivity index (χ0) is 34.9. The van der Waals surface area contributed by atoms with Crippen LogP contribution in [-0.2, 0) is 18.8 Å². The van der Waals surface area contributed by atoms with E-state index < -0.39 is 41.0 Å². The van der Waals surface area contributed by atoms with E-state index in [0.717, 1.165) is 56.1 Å². The van der Waals surface area contributed by atoms with Crippen LogP contribution in [0.25, 0.3) is 0 Å². The van der Waals surface area contributed by atoms with Crippen molar-refractivity contribution in [1.82, 2.24) is 29.2 Å². The second kappa shape index (κ2) is 14.4. The Labute approximate surface area is 284 Å². The molecule has 2 amide bonds. The van der Waals surface area contributed by atoms with Gasteiger partial charge in [0.15, 0.2) is 0 Å². The van der Waals surface area contributed by atoms with Crippen LogP contribution in [0.5, 0.6) is 0 Å². The third kappa shape index (κ3) is 8.09. The fraction of sp³-hybridized carbons (Fsp3) is 0.529. The van der Waals surface area contributed by atoms with Crippen LogP contribution in [0.3, 0.4) is 0 Å². The summed E-state index contributed by atoms with van der Waals surface area (Å²) in [6.45, 7) is 6.68. The average Bonchev–Trinajstić information content (AvgIpc) is 3.53. The van der Waals surface area contributed by atoms with Gasteiger partial charge in [0.05, 0.1) is 16.8 Å². The zero-order valence-electron chi connectivity index (χ0n) is 27.0. The molecule has 264 valence electrons. The molecule has 0 bridgehead atoms. The molecule has 8 nitrogen and oxygen atoms in total. The predicted octanol–water partition coefficient (Wildman–Crippen LogP) is 6.02. The van der Waals surface area contributed by atoms with Gasteiger partial charge in [-0.05, 0) is 74.3 Å². The number of benzene rings is 2. The second-order valence-corrected chi connectivity index (χ2v) is 13.9. The highest BCUT2D eigenvalue weighted by Gasteiger charge is 2.41. The second-order valence-electron chi connectivity index (χ2n) is 13.1. The predicted molar refractivity (Wildman–Crippen MR) is 171 cm³/mol. The van der Waals surface area contributed by atoms with Crippen LogP contribution < -0.4 is 0 Å². The van der Waals surface area contributed by atoms with Crippen LogP contribution in [-0.4, -0.2) is 105 Å². The fourth-order valence-corrected chi connectivity index (χ4v) is 8.05. The highest BCUT2D eigenvalue weighted by Crippen LogP contribution is 2.37. The van der Waals surface area contributed by atoms with Crippen molar-refractivity contribution in [3.05, 3.63) is 81.4 Å². The molecule has 3 fully saturated rings. The molecule has 0 aliphatic carbocycles. The molecule has 3 aliphatic rings. The minimum Gasteiger partial charge on any atom is -0.338 e. The van der Waals surface area contributed by atoms with Crippen molar-refractivity contribution in [3.8, 4) is 0 Å². The van der Waals surface area contributed by atoms with E-state index in [2.05, 4.69) is 19.4 Å². The number of amides is 2. The number of likely N-dealkylation sites (tertiary alicyclic amines) is 2. The summed E-state index contributed by atoms with van der Waals surface area (Å²) in [5.41, 5.74) is -2.02. The van der Waals surface area contributed by atoms with E-state index in [1.807, 2.05) is 35.2 Å². The van der Waals surface area contributed by atoms with Crippen LogP contribution in [0.15, 0.2) is 48.5 Å². The van der Waals surface area contributed by atoms with Crippen molar-refractivity contribution in [2.75, 3.05) is 45.8 Å². The molecule has 2 atom stereocenters. The number of hydrogen-bond acceptors (Lipinski definition) is 7. The molecular formula is C34H38F6N6O2S. The van der Waals surface area contributed by atoms with Crippen molar-refractivity contribution in [2.24, 2.45) is 0 Å². The van der Waals surface area contributed by atoms with Gasteiger partial charge in [0.25, 0.3) is 11.8 Å².